The predicted molar refractivity (Wildman–Crippen MR) is 62.3 cm³/mol. The van der Waals surface area contributed by atoms with Crippen LogP contribution in [0.15, 0.2) is 29.4 Å². The lowest BCUT2D eigenvalue weighted by Gasteiger charge is -2.03. The van der Waals surface area contributed by atoms with Crippen LogP contribution in [0.5, 0.6) is 11.5 Å². The number of phenols is 1. The summed E-state index contributed by atoms with van der Waals surface area (Å²) in [6.45, 7) is 0.440. The predicted octanol–water partition coefficient (Wildman–Crippen LogP) is 3.11. The van der Waals surface area contributed by atoms with Gasteiger partial charge in [-0.05, 0) is 29.6 Å². The molecule has 5 nitrogen and oxygen atoms in total. The zero-order valence-corrected chi connectivity index (χ0v) is 9.00. The Balaban J connectivity index is 2.60. The van der Waals surface area contributed by atoms with Crippen LogP contribution in [-0.2, 0) is 0 Å². The first kappa shape index (κ1) is 11.9. The van der Waals surface area contributed by atoms with Gasteiger partial charge in [-0.3, -0.25) is 0 Å². The molecule has 1 rings (SSSR count). The highest BCUT2D eigenvalue weighted by Gasteiger charge is 1.99. The monoisotopic (exact) mass is 219 g/mol. The van der Waals surface area contributed by atoms with E-state index in [2.05, 4.69) is 10.0 Å². The number of aromatic hydroxyl groups is 1. The molecule has 0 spiro atoms. The SMILES string of the molecule is COc1ccc(C=CCCN=[N+]=[N-])cc1O. The lowest BCUT2D eigenvalue weighted by molar-refractivity contribution is 0.373. The minimum absolute atomic E-state index is 0.111. The van der Waals surface area contributed by atoms with Crippen LogP contribution in [-0.4, -0.2) is 18.8 Å². The molecule has 1 N–H and O–H groups in total. The first-order valence-electron chi connectivity index (χ1n) is 4.82. The fraction of sp³-hybridized carbons (Fsp3) is 0.273. The van der Waals surface area contributed by atoms with E-state index in [1.54, 1.807) is 12.1 Å². The normalized spacial score (nSPS) is 10.1. The van der Waals surface area contributed by atoms with Crippen molar-refractivity contribution in [3.8, 4) is 11.5 Å². The summed E-state index contributed by atoms with van der Waals surface area (Å²) in [5, 5.41) is 12.9. The molecular formula is C11H13N3O2. The van der Waals surface area contributed by atoms with Crippen LogP contribution in [0.25, 0.3) is 16.5 Å². The highest BCUT2D eigenvalue weighted by molar-refractivity contribution is 5.55. The van der Waals surface area contributed by atoms with Gasteiger partial charge in [-0.2, -0.15) is 0 Å². The van der Waals surface area contributed by atoms with Crippen molar-refractivity contribution in [2.24, 2.45) is 5.11 Å². The maximum absolute atomic E-state index is 9.51. The molecule has 0 amide bonds. The van der Waals surface area contributed by atoms with Gasteiger partial charge in [0.1, 0.15) is 0 Å². The van der Waals surface area contributed by atoms with Crippen molar-refractivity contribution in [3.63, 3.8) is 0 Å². The number of rotatable bonds is 5. The molecule has 0 aliphatic carbocycles. The lowest BCUT2D eigenvalue weighted by Crippen LogP contribution is -1.83. The van der Waals surface area contributed by atoms with E-state index in [1.165, 1.54) is 7.11 Å². The molecule has 0 unspecified atom stereocenters. The number of benzene rings is 1. The molecule has 84 valence electrons. The Morgan fingerprint density at radius 1 is 1.56 bits per heavy atom. The molecule has 0 saturated carbocycles. The van der Waals surface area contributed by atoms with E-state index in [0.29, 0.717) is 18.7 Å². The summed E-state index contributed by atoms with van der Waals surface area (Å²) in [7, 11) is 1.50. The van der Waals surface area contributed by atoms with E-state index >= 15 is 0 Å². The van der Waals surface area contributed by atoms with E-state index in [4.69, 9.17) is 10.3 Å². The van der Waals surface area contributed by atoms with Crippen LogP contribution < -0.4 is 4.74 Å². The summed E-state index contributed by atoms with van der Waals surface area (Å²) in [5.41, 5.74) is 8.94. The van der Waals surface area contributed by atoms with E-state index in [0.717, 1.165) is 5.56 Å². The van der Waals surface area contributed by atoms with E-state index in [1.807, 2.05) is 18.2 Å². The van der Waals surface area contributed by atoms with Gasteiger partial charge in [-0.15, -0.1) is 0 Å². The number of ether oxygens (including phenoxy) is 1. The van der Waals surface area contributed by atoms with Crippen LogP contribution in [0.2, 0.25) is 0 Å². The van der Waals surface area contributed by atoms with Gasteiger partial charge in [0.2, 0.25) is 0 Å². The zero-order valence-electron chi connectivity index (χ0n) is 9.00. The standard InChI is InChI=1S/C11H13N3O2/c1-16-11-6-5-9(8-10(11)15)4-2-3-7-13-14-12/h2,4-6,8,15H,3,7H2,1H3. The number of azide groups is 1. The summed E-state index contributed by atoms with van der Waals surface area (Å²) in [6, 6.07) is 5.15. The van der Waals surface area contributed by atoms with Crippen LogP contribution >= 0.6 is 0 Å². The Morgan fingerprint density at radius 2 is 2.38 bits per heavy atom. The number of nitrogens with zero attached hydrogens (tertiary/aromatic N) is 3. The Hall–Kier alpha value is -2.13. The zero-order chi connectivity index (χ0) is 11.8. The number of hydrogen-bond donors (Lipinski definition) is 1. The smallest absolute Gasteiger partial charge is 0.160 e. The Bertz CT molecular complexity index is 423. The average molecular weight is 219 g/mol. The quantitative estimate of drug-likeness (QED) is 0.357. The minimum atomic E-state index is 0.111. The van der Waals surface area contributed by atoms with Gasteiger partial charge in [-0.25, -0.2) is 0 Å². The van der Waals surface area contributed by atoms with Crippen molar-refractivity contribution < 1.29 is 9.84 Å². The maximum atomic E-state index is 9.51. The molecule has 0 aliphatic rings. The highest BCUT2D eigenvalue weighted by Crippen LogP contribution is 2.26. The van der Waals surface area contributed by atoms with Gasteiger partial charge in [-0.1, -0.05) is 23.3 Å². The molecule has 0 aliphatic heterocycles. The molecule has 1 aromatic rings. The molecule has 16 heavy (non-hydrogen) atoms. The molecule has 0 radical (unpaired) electrons. The molecule has 0 atom stereocenters. The number of methoxy groups -OCH3 is 1. The highest BCUT2D eigenvalue weighted by atomic mass is 16.5. The van der Waals surface area contributed by atoms with Gasteiger partial charge < -0.3 is 9.84 Å². The van der Waals surface area contributed by atoms with E-state index in [-0.39, 0.29) is 5.75 Å². The molecular weight excluding hydrogens is 206 g/mol. The second-order valence-corrected chi connectivity index (χ2v) is 3.08. The van der Waals surface area contributed by atoms with Gasteiger partial charge in [0.05, 0.1) is 7.11 Å². The van der Waals surface area contributed by atoms with Crippen LogP contribution in [0.1, 0.15) is 12.0 Å². The fourth-order valence-corrected chi connectivity index (χ4v) is 1.21. The second-order valence-electron chi connectivity index (χ2n) is 3.08. The van der Waals surface area contributed by atoms with E-state index in [9.17, 15) is 5.11 Å². The van der Waals surface area contributed by atoms with Crippen molar-refractivity contribution in [3.05, 3.63) is 40.3 Å². The van der Waals surface area contributed by atoms with Crippen molar-refractivity contribution in [1.82, 2.24) is 0 Å². The number of hydrogen-bond acceptors (Lipinski definition) is 3. The largest absolute Gasteiger partial charge is 0.504 e. The average Bonchev–Trinajstić information content (AvgIpc) is 2.29. The van der Waals surface area contributed by atoms with Crippen LogP contribution in [0, 0.1) is 0 Å². The summed E-state index contributed by atoms with van der Waals surface area (Å²) < 4.78 is 4.93. The topological polar surface area (TPSA) is 78.2 Å². The summed E-state index contributed by atoms with van der Waals surface area (Å²) >= 11 is 0. The Labute approximate surface area is 93.6 Å². The molecule has 0 aromatic heterocycles. The maximum Gasteiger partial charge on any atom is 0.160 e. The van der Waals surface area contributed by atoms with Crippen molar-refractivity contribution in [2.75, 3.05) is 13.7 Å². The molecule has 5 heteroatoms. The van der Waals surface area contributed by atoms with Crippen molar-refractivity contribution >= 4 is 6.08 Å². The third-order valence-corrected chi connectivity index (χ3v) is 1.97. The van der Waals surface area contributed by atoms with Crippen molar-refractivity contribution in [1.29, 1.82) is 0 Å². The Morgan fingerprint density at radius 3 is 3.00 bits per heavy atom. The molecule has 1 aromatic carbocycles. The third-order valence-electron chi connectivity index (χ3n) is 1.97. The van der Waals surface area contributed by atoms with Gasteiger partial charge >= 0.3 is 0 Å². The first-order chi connectivity index (χ1) is 7.77. The molecule has 0 heterocycles. The minimum Gasteiger partial charge on any atom is -0.504 e. The van der Waals surface area contributed by atoms with Crippen molar-refractivity contribution in [2.45, 2.75) is 6.42 Å². The Kier molecular flexibility index (Phi) is 4.76. The fourth-order valence-electron chi connectivity index (χ4n) is 1.21. The molecule has 0 bridgehead atoms. The van der Waals surface area contributed by atoms with Gasteiger partial charge in [0, 0.05) is 11.5 Å². The van der Waals surface area contributed by atoms with Crippen LogP contribution in [0.4, 0.5) is 0 Å². The second kappa shape index (κ2) is 6.37. The first-order valence-corrected chi connectivity index (χ1v) is 4.82. The van der Waals surface area contributed by atoms with Crippen LogP contribution in [0.3, 0.4) is 0 Å². The third kappa shape index (κ3) is 3.55. The van der Waals surface area contributed by atoms with Gasteiger partial charge in [0.25, 0.3) is 0 Å². The lowest BCUT2D eigenvalue weighted by atomic mass is 10.2. The molecule has 0 saturated heterocycles. The number of phenolic OH excluding ortho intramolecular Hbond substituents is 1. The van der Waals surface area contributed by atoms with E-state index < -0.39 is 0 Å². The summed E-state index contributed by atoms with van der Waals surface area (Å²) in [4.78, 5) is 2.65. The summed E-state index contributed by atoms with van der Waals surface area (Å²) in [5.74, 6) is 0.561. The molecule has 0 fully saturated rings. The van der Waals surface area contributed by atoms with Gasteiger partial charge in [0.15, 0.2) is 11.5 Å². The summed E-state index contributed by atoms with van der Waals surface area (Å²) in [6.07, 6.45) is 4.42.